The maximum absolute atomic E-state index is 5.67. The zero-order valence-electron chi connectivity index (χ0n) is 10.7. The van der Waals surface area contributed by atoms with Crippen molar-refractivity contribution in [2.24, 2.45) is 7.05 Å². The molecule has 2 atom stereocenters. The second-order valence-electron chi connectivity index (χ2n) is 4.04. The number of nitrogens with zero attached hydrogens (tertiary/aromatic N) is 2. The first kappa shape index (κ1) is 13.2. The van der Waals surface area contributed by atoms with E-state index >= 15 is 0 Å². The number of hydrogen-bond donors (Lipinski definition) is 1. The Morgan fingerprint density at radius 1 is 1.50 bits per heavy atom. The van der Waals surface area contributed by atoms with Gasteiger partial charge in [-0.3, -0.25) is 4.68 Å². The average Bonchev–Trinajstić information content (AvgIpc) is 2.66. The third-order valence-corrected chi connectivity index (χ3v) is 2.60. The van der Waals surface area contributed by atoms with Gasteiger partial charge in [-0.25, -0.2) is 0 Å². The minimum absolute atomic E-state index is 0.167. The number of ether oxygens (including phenoxy) is 1. The minimum Gasteiger partial charge on any atom is -0.377 e. The zero-order chi connectivity index (χ0) is 12.0. The topological polar surface area (TPSA) is 39.1 Å². The van der Waals surface area contributed by atoms with E-state index in [1.54, 1.807) is 0 Å². The van der Waals surface area contributed by atoms with Crippen LogP contribution in [0.25, 0.3) is 0 Å². The van der Waals surface area contributed by atoms with Gasteiger partial charge in [-0.05, 0) is 26.8 Å². The monoisotopic (exact) mass is 225 g/mol. The van der Waals surface area contributed by atoms with Gasteiger partial charge in [0.05, 0.1) is 18.3 Å². The Morgan fingerprint density at radius 2 is 2.25 bits per heavy atom. The van der Waals surface area contributed by atoms with Crippen LogP contribution in [-0.2, 0) is 11.8 Å². The predicted molar refractivity (Wildman–Crippen MR) is 65.3 cm³/mol. The van der Waals surface area contributed by atoms with E-state index in [9.17, 15) is 0 Å². The molecule has 0 fully saturated rings. The first-order valence-electron chi connectivity index (χ1n) is 6.02. The lowest BCUT2D eigenvalue weighted by Gasteiger charge is -2.24. The van der Waals surface area contributed by atoms with Crippen molar-refractivity contribution in [3.63, 3.8) is 0 Å². The van der Waals surface area contributed by atoms with E-state index in [2.05, 4.69) is 24.3 Å². The van der Waals surface area contributed by atoms with E-state index < -0.39 is 0 Å². The quantitative estimate of drug-likeness (QED) is 0.770. The summed E-state index contributed by atoms with van der Waals surface area (Å²) in [6.07, 6.45) is 5.24. The number of aromatic nitrogens is 2. The molecular weight excluding hydrogens is 202 g/mol. The van der Waals surface area contributed by atoms with E-state index in [-0.39, 0.29) is 12.1 Å². The summed E-state index contributed by atoms with van der Waals surface area (Å²) >= 11 is 0. The summed E-state index contributed by atoms with van der Waals surface area (Å²) in [4.78, 5) is 0. The van der Waals surface area contributed by atoms with Gasteiger partial charge in [-0.2, -0.15) is 5.10 Å². The molecule has 0 saturated heterocycles. The van der Waals surface area contributed by atoms with Crippen LogP contribution >= 0.6 is 0 Å². The highest BCUT2D eigenvalue weighted by atomic mass is 16.5. The maximum atomic E-state index is 5.67. The van der Waals surface area contributed by atoms with Crippen molar-refractivity contribution >= 4 is 0 Å². The molecule has 4 heteroatoms. The van der Waals surface area contributed by atoms with Crippen molar-refractivity contribution in [2.45, 2.75) is 39.3 Å². The smallest absolute Gasteiger partial charge is 0.0742 e. The molecule has 0 amide bonds. The molecule has 0 aliphatic carbocycles. The highest BCUT2D eigenvalue weighted by molar-refractivity contribution is 5.12. The van der Waals surface area contributed by atoms with Gasteiger partial charge in [0, 0.05) is 25.4 Å². The Morgan fingerprint density at radius 3 is 2.75 bits per heavy atom. The van der Waals surface area contributed by atoms with Crippen molar-refractivity contribution in [1.29, 1.82) is 0 Å². The van der Waals surface area contributed by atoms with Crippen LogP contribution in [0, 0.1) is 0 Å². The zero-order valence-corrected chi connectivity index (χ0v) is 10.7. The number of aryl methyl sites for hydroxylation is 1. The van der Waals surface area contributed by atoms with E-state index in [0.717, 1.165) is 19.6 Å². The van der Waals surface area contributed by atoms with Crippen LogP contribution in [0.1, 0.15) is 38.8 Å². The number of hydrogen-bond acceptors (Lipinski definition) is 3. The van der Waals surface area contributed by atoms with E-state index in [1.807, 2.05) is 31.0 Å². The summed E-state index contributed by atoms with van der Waals surface area (Å²) in [5.74, 6) is 0. The van der Waals surface area contributed by atoms with Gasteiger partial charge in [-0.1, -0.05) is 6.92 Å². The van der Waals surface area contributed by atoms with Gasteiger partial charge in [0.2, 0.25) is 0 Å². The number of nitrogens with one attached hydrogen (secondary N) is 1. The predicted octanol–water partition coefficient (Wildman–Crippen LogP) is 1.89. The fourth-order valence-electron chi connectivity index (χ4n) is 1.81. The van der Waals surface area contributed by atoms with E-state index in [4.69, 9.17) is 4.74 Å². The molecule has 92 valence electrons. The Bertz CT molecular complexity index is 298. The molecule has 0 aromatic carbocycles. The molecular formula is C12H23N3O. The van der Waals surface area contributed by atoms with Crippen LogP contribution in [0.3, 0.4) is 0 Å². The molecule has 0 radical (unpaired) electrons. The minimum atomic E-state index is 0.167. The van der Waals surface area contributed by atoms with Gasteiger partial charge in [-0.15, -0.1) is 0 Å². The lowest BCUT2D eigenvalue weighted by atomic mass is 10.1. The molecule has 2 unspecified atom stereocenters. The Balaban J connectivity index is 2.69. The first-order valence-corrected chi connectivity index (χ1v) is 6.02. The lowest BCUT2D eigenvalue weighted by molar-refractivity contribution is 0.0472. The van der Waals surface area contributed by atoms with Crippen molar-refractivity contribution in [3.05, 3.63) is 18.0 Å². The lowest BCUT2D eigenvalue weighted by Crippen LogP contribution is -2.32. The summed E-state index contributed by atoms with van der Waals surface area (Å²) in [7, 11) is 1.94. The van der Waals surface area contributed by atoms with Crippen LogP contribution in [0.2, 0.25) is 0 Å². The molecule has 1 N–H and O–H groups in total. The van der Waals surface area contributed by atoms with Crippen molar-refractivity contribution in [2.75, 3.05) is 13.2 Å². The Hall–Kier alpha value is -0.870. The second-order valence-corrected chi connectivity index (χ2v) is 4.04. The molecule has 0 bridgehead atoms. The van der Waals surface area contributed by atoms with Gasteiger partial charge >= 0.3 is 0 Å². The van der Waals surface area contributed by atoms with Gasteiger partial charge < -0.3 is 10.1 Å². The van der Waals surface area contributed by atoms with Crippen molar-refractivity contribution in [1.82, 2.24) is 15.1 Å². The normalized spacial score (nSPS) is 15.0. The van der Waals surface area contributed by atoms with Crippen LogP contribution in [0.15, 0.2) is 12.4 Å². The Kier molecular flexibility index (Phi) is 5.49. The maximum Gasteiger partial charge on any atom is 0.0742 e. The van der Waals surface area contributed by atoms with E-state index in [1.165, 1.54) is 5.56 Å². The summed E-state index contributed by atoms with van der Waals surface area (Å²) in [6, 6.07) is 0.230. The van der Waals surface area contributed by atoms with Crippen LogP contribution in [-0.4, -0.2) is 29.0 Å². The molecule has 0 spiro atoms. The SMILES string of the molecule is CCCNC(c1cnn(C)c1)C(C)OCC. The average molecular weight is 225 g/mol. The fourth-order valence-corrected chi connectivity index (χ4v) is 1.81. The highest BCUT2D eigenvalue weighted by Crippen LogP contribution is 2.18. The third kappa shape index (κ3) is 3.61. The van der Waals surface area contributed by atoms with Crippen molar-refractivity contribution in [3.8, 4) is 0 Å². The molecule has 1 rings (SSSR count). The Labute approximate surface area is 98.0 Å². The summed E-state index contributed by atoms with van der Waals surface area (Å²) in [5, 5.41) is 7.71. The molecule has 1 aromatic heterocycles. The molecule has 1 aromatic rings. The molecule has 4 nitrogen and oxygen atoms in total. The third-order valence-electron chi connectivity index (χ3n) is 2.60. The largest absolute Gasteiger partial charge is 0.377 e. The molecule has 1 heterocycles. The molecule has 0 aliphatic heterocycles. The van der Waals surface area contributed by atoms with Crippen molar-refractivity contribution < 1.29 is 4.74 Å². The van der Waals surface area contributed by atoms with Crippen LogP contribution < -0.4 is 5.32 Å². The number of rotatable bonds is 7. The van der Waals surface area contributed by atoms with Gasteiger partial charge in [0.1, 0.15) is 0 Å². The molecule has 16 heavy (non-hydrogen) atoms. The highest BCUT2D eigenvalue weighted by Gasteiger charge is 2.19. The molecule has 0 aliphatic rings. The summed E-state index contributed by atoms with van der Waals surface area (Å²) < 4.78 is 7.49. The fraction of sp³-hybridized carbons (Fsp3) is 0.750. The van der Waals surface area contributed by atoms with Crippen LogP contribution in [0.4, 0.5) is 0 Å². The van der Waals surface area contributed by atoms with Gasteiger partial charge in [0.25, 0.3) is 0 Å². The van der Waals surface area contributed by atoms with E-state index in [0.29, 0.717) is 0 Å². The second kappa shape index (κ2) is 6.66. The molecule has 0 saturated carbocycles. The summed E-state index contributed by atoms with van der Waals surface area (Å²) in [5.41, 5.74) is 1.19. The first-order chi connectivity index (χ1) is 7.69. The van der Waals surface area contributed by atoms with Crippen LogP contribution in [0.5, 0.6) is 0 Å². The summed E-state index contributed by atoms with van der Waals surface area (Å²) in [6.45, 7) is 8.03. The standard InChI is InChI=1S/C12H23N3O/c1-5-7-13-12(10(3)16-6-2)11-8-14-15(4)9-11/h8-10,12-13H,5-7H2,1-4H3. The van der Waals surface area contributed by atoms with Gasteiger partial charge in [0.15, 0.2) is 0 Å².